The molecule has 0 radical (unpaired) electrons. The van der Waals surface area contributed by atoms with Crippen molar-refractivity contribution in [3.8, 4) is 11.4 Å². The fourth-order valence-corrected chi connectivity index (χ4v) is 1.21. The molecule has 0 unspecified atom stereocenters. The summed E-state index contributed by atoms with van der Waals surface area (Å²) in [6, 6.07) is 7.03. The van der Waals surface area contributed by atoms with Crippen LogP contribution in [-0.2, 0) is 0 Å². The predicted molar refractivity (Wildman–Crippen MR) is 63.5 cm³/mol. The van der Waals surface area contributed by atoms with Gasteiger partial charge in [0.25, 0.3) is 0 Å². The molecular weight excluding hydrogens is 212 g/mol. The van der Waals surface area contributed by atoms with Crippen LogP contribution >= 0.6 is 12.4 Å². The van der Waals surface area contributed by atoms with Gasteiger partial charge in [0.2, 0.25) is 0 Å². The molecule has 5 heteroatoms. The summed E-state index contributed by atoms with van der Waals surface area (Å²) in [7, 11) is 0. The second-order valence-electron chi connectivity index (χ2n) is 2.92. The molecule has 4 N–H and O–H groups in total. The smallest absolute Gasteiger partial charge is 0.161 e. The molecular formula is C10H11ClN4. The summed E-state index contributed by atoms with van der Waals surface area (Å²) in [6.07, 6.45) is 3.34. The molecule has 2 rings (SSSR count). The highest BCUT2D eigenvalue weighted by atomic mass is 35.5. The number of nitrogens with two attached hydrogens (primary N) is 2. The van der Waals surface area contributed by atoms with E-state index in [1.165, 1.54) is 0 Å². The van der Waals surface area contributed by atoms with Gasteiger partial charge in [0.1, 0.15) is 0 Å². The first kappa shape index (κ1) is 11.3. The van der Waals surface area contributed by atoms with Crippen molar-refractivity contribution >= 4 is 23.8 Å². The molecule has 0 aliphatic rings. The van der Waals surface area contributed by atoms with Crippen LogP contribution in [0.15, 0.2) is 36.7 Å². The lowest BCUT2D eigenvalue weighted by Gasteiger charge is -2.04. The Kier molecular flexibility index (Phi) is 3.46. The van der Waals surface area contributed by atoms with E-state index in [4.69, 9.17) is 11.5 Å². The van der Waals surface area contributed by atoms with Crippen LogP contribution in [0.3, 0.4) is 0 Å². The largest absolute Gasteiger partial charge is 0.399 e. The molecule has 0 fully saturated rings. The number of rotatable bonds is 1. The van der Waals surface area contributed by atoms with Crippen molar-refractivity contribution in [1.82, 2.24) is 9.97 Å². The SMILES string of the molecule is Cl.Nc1ccc(N)c(-c2ncccn2)c1. The molecule has 0 aliphatic carbocycles. The van der Waals surface area contributed by atoms with Crippen molar-refractivity contribution < 1.29 is 0 Å². The minimum absolute atomic E-state index is 0. The minimum Gasteiger partial charge on any atom is -0.399 e. The summed E-state index contributed by atoms with van der Waals surface area (Å²) in [6.45, 7) is 0. The maximum absolute atomic E-state index is 5.79. The van der Waals surface area contributed by atoms with Crippen LogP contribution in [0.5, 0.6) is 0 Å². The third kappa shape index (κ3) is 2.35. The van der Waals surface area contributed by atoms with E-state index in [0.29, 0.717) is 17.2 Å². The molecule has 0 aliphatic heterocycles. The number of nitrogens with zero attached hydrogens (tertiary/aromatic N) is 2. The van der Waals surface area contributed by atoms with Gasteiger partial charge in [-0.3, -0.25) is 0 Å². The number of nitrogen functional groups attached to an aromatic ring is 2. The fraction of sp³-hybridized carbons (Fsp3) is 0. The first-order chi connectivity index (χ1) is 6.77. The molecule has 1 aromatic heterocycles. The van der Waals surface area contributed by atoms with Crippen LogP contribution in [-0.4, -0.2) is 9.97 Å². The zero-order valence-electron chi connectivity index (χ0n) is 7.92. The van der Waals surface area contributed by atoms with Gasteiger partial charge in [-0.05, 0) is 24.3 Å². The van der Waals surface area contributed by atoms with Crippen LogP contribution in [0.4, 0.5) is 11.4 Å². The molecule has 0 bridgehead atoms. The van der Waals surface area contributed by atoms with Gasteiger partial charge >= 0.3 is 0 Å². The maximum Gasteiger partial charge on any atom is 0.161 e. The average Bonchev–Trinajstić information content (AvgIpc) is 2.23. The topological polar surface area (TPSA) is 77.8 Å². The molecule has 0 saturated heterocycles. The number of aromatic nitrogens is 2. The maximum atomic E-state index is 5.79. The van der Waals surface area contributed by atoms with E-state index in [1.807, 2.05) is 0 Å². The quantitative estimate of drug-likeness (QED) is 0.721. The lowest BCUT2D eigenvalue weighted by atomic mass is 10.1. The van der Waals surface area contributed by atoms with Crippen LogP contribution in [0.25, 0.3) is 11.4 Å². The number of anilines is 2. The third-order valence-corrected chi connectivity index (χ3v) is 1.88. The first-order valence-corrected chi connectivity index (χ1v) is 4.20. The number of hydrogen-bond donors (Lipinski definition) is 2. The average molecular weight is 223 g/mol. The van der Waals surface area contributed by atoms with Gasteiger partial charge in [-0.25, -0.2) is 9.97 Å². The highest BCUT2D eigenvalue weighted by Gasteiger charge is 2.04. The molecule has 2 aromatic rings. The zero-order valence-corrected chi connectivity index (χ0v) is 8.74. The van der Waals surface area contributed by atoms with Gasteiger partial charge in [-0.15, -0.1) is 12.4 Å². The van der Waals surface area contributed by atoms with E-state index in [-0.39, 0.29) is 12.4 Å². The van der Waals surface area contributed by atoms with Gasteiger partial charge in [0, 0.05) is 29.3 Å². The summed E-state index contributed by atoms with van der Waals surface area (Å²) in [4.78, 5) is 8.21. The molecule has 1 aromatic carbocycles. The van der Waals surface area contributed by atoms with Gasteiger partial charge in [0.15, 0.2) is 5.82 Å². The lowest BCUT2D eigenvalue weighted by molar-refractivity contribution is 1.18. The van der Waals surface area contributed by atoms with E-state index in [9.17, 15) is 0 Å². The Labute approximate surface area is 93.8 Å². The summed E-state index contributed by atoms with van der Waals surface area (Å²) in [5, 5.41) is 0. The van der Waals surface area contributed by atoms with Crippen LogP contribution in [0.1, 0.15) is 0 Å². The Balaban J connectivity index is 0.00000112. The third-order valence-electron chi connectivity index (χ3n) is 1.88. The van der Waals surface area contributed by atoms with Crippen LogP contribution < -0.4 is 11.5 Å². The van der Waals surface area contributed by atoms with Gasteiger partial charge in [-0.2, -0.15) is 0 Å². The van der Waals surface area contributed by atoms with Crippen molar-refractivity contribution in [2.24, 2.45) is 0 Å². The van der Waals surface area contributed by atoms with Gasteiger partial charge < -0.3 is 11.5 Å². The first-order valence-electron chi connectivity index (χ1n) is 4.20. The Hall–Kier alpha value is -1.81. The van der Waals surface area contributed by atoms with Gasteiger partial charge in [0.05, 0.1) is 0 Å². The van der Waals surface area contributed by atoms with Crippen molar-refractivity contribution in [1.29, 1.82) is 0 Å². The summed E-state index contributed by atoms with van der Waals surface area (Å²) in [5.41, 5.74) is 13.5. The normalized spacial score (nSPS) is 9.33. The standard InChI is InChI=1S/C10H10N4.ClH/c11-7-2-3-9(12)8(6-7)10-13-4-1-5-14-10;/h1-6H,11-12H2;1H. The molecule has 1 heterocycles. The molecule has 78 valence electrons. The number of benzene rings is 1. The van der Waals surface area contributed by atoms with E-state index in [2.05, 4.69) is 9.97 Å². The molecule has 0 amide bonds. The predicted octanol–water partition coefficient (Wildman–Crippen LogP) is 1.73. The monoisotopic (exact) mass is 222 g/mol. The number of halogens is 1. The van der Waals surface area contributed by atoms with E-state index < -0.39 is 0 Å². The summed E-state index contributed by atoms with van der Waals surface area (Å²) in [5.74, 6) is 0.595. The molecule has 0 atom stereocenters. The van der Waals surface area contributed by atoms with Crippen LogP contribution in [0.2, 0.25) is 0 Å². The molecule has 0 saturated carbocycles. The fourth-order valence-electron chi connectivity index (χ4n) is 1.21. The Morgan fingerprint density at radius 3 is 2.33 bits per heavy atom. The Morgan fingerprint density at radius 2 is 1.67 bits per heavy atom. The van der Waals surface area contributed by atoms with E-state index in [1.54, 1.807) is 36.7 Å². The van der Waals surface area contributed by atoms with Crippen molar-refractivity contribution in [2.75, 3.05) is 11.5 Å². The van der Waals surface area contributed by atoms with Crippen molar-refractivity contribution in [3.63, 3.8) is 0 Å². The van der Waals surface area contributed by atoms with Crippen LogP contribution in [0, 0.1) is 0 Å². The van der Waals surface area contributed by atoms with Gasteiger partial charge in [-0.1, -0.05) is 0 Å². The van der Waals surface area contributed by atoms with Crippen molar-refractivity contribution in [2.45, 2.75) is 0 Å². The summed E-state index contributed by atoms with van der Waals surface area (Å²) < 4.78 is 0. The minimum atomic E-state index is 0. The Bertz CT molecular complexity index is 444. The molecule has 15 heavy (non-hydrogen) atoms. The highest BCUT2D eigenvalue weighted by molar-refractivity contribution is 5.85. The van der Waals surface area contributed by atoms with E-state index >= 15 is 0 Å². The highest BCUT2D eigenvalue weighted by Crippen LogP contribution is 2.24. The molecule has 0 spiro atoms. The van der Waals surface area contributed by atoms with E-state index in [0.717, 1.165) is 5.56 Å². The lowest BCUT2D eigenvalue weighted by Crippen LogP contribution is -1.95. The zero-order chi connectivity index (χ0) is 9.97. The second kappa shape index (κ2) is 4.61. The molecule has 4 nitrogen and oxygen atoms in total. The second-order valence-corrected chi connectivity index (χ2v) is 2.92. The summed E-state index contributed by atoms with van der Waals surface area (Å²) >= 11 is 0. The Morgan fingerprint density at radius 1 is 1.00 bits per heavy atom. The number of hydrogen-bond acceptors (Lipinski definition) is 4. The van der Waals surface area contributed by atoms with Crippen molar-refractivity contribution in [3.05, 3.63) is 36.7 Å².